The molecule has 0 saturated carbocycles. The second kappa shape index (κ2) is 2.59. The van der Waals surface area contributed by atoms with Gasteiger partial charge in [0.1, 0.15) is 6.04 Å². The van der Waals surface area contributed by atoms with E-state index in [-0.39, 0.29) is 21.7 Å². The minimum Gasteiger partial charge on any atom is -0.361 e. The number of rotatable bonds is 0. The fraction of sp³-hybridized carbons (Fsp3) is 0.625. The van der Waals surface area contributed by atoms with E-state index in [2.05, 4.69) is 10.9 Å². The molecule has 2 rings (SSSR count). The lowest BCUT2D eigenvalue weighted by molar-refractivity contribution is -0.137. The number of fused-ring (bicyclic) bond motifs is 1. The highest BCUT2D eigenvalue weighted by Gasteiger charge is 2.65. The summed E-state index contributed by atoms with van der Waals surface area (Å²) in [5, 5.41) is 8.70. The molecule has 0 radical (unpaired) electrons. The van der Waals surface area contributed by atoms with Gasteiger partial charge in [0.2, 0.25) is 0 Å². The Morgan fingerprint density at radius 1 is 1.71 bits per heavy atom. The van der Waals surface area contributed by atoms with Gasteiger partial charge in [-0.15, -0.1) is 11.8 Å². The lowest BCUT2D eigenvalue weighted by Crippen LogP contribution is -2.61. The average Bonchev–Trinajstić information content (AvgIpc) is 2.35. The Morgan fingerprint density at radius 2 is 2.36 bits per heavy atom. The number of nitrogens with zero attached hydrogens (tertiary/aromatic N) is 4. The fourth-order valence-corrected chi connectivity index (χ4v) is 3.23. The third kappa shape index (κ3) is 0.884. The van der Waals surface area contributed by atoms with Crippen molar-refractivity contribution in [2.75, 3.05) is 0 Å². The second-order valence-corrected chi connectivity index (χ2v) is 5.54. The molecule has 1 amide bonds. The predicted molar refractivity (Wildman–Crippen MR) is 50.3 cm³/mol. The van der Waals surface area contributed by atoms with Gasteiger partial charge in [0.25, 0.3) is 0 Å². The number of hydrogen-bond acceptors (Lipinski definition) is 3. The molecule has 0 bridgehead atoms. The summed E-state index contributed by atoms with van der Waals surface area (Å²) in [5.74, 6) is -0.331. The summed E-state index contributed by atoms with van der Waals surface area (Å²) in [7, 11) is 0. The maximum Gasteiger partial charge on any atom is 0.388 e. The molecule has 0 aromatic rings. The van der Waals surface area contributed by atoms with Crippen LogP contribution < -0.4 is 0 Å². The Kier molecular flexibility index (Phi) is 1.71. The van der Waals surface area contributed by atoms with Gasteiger partial charge in [0, 0.05) is 4.75 Å². The van der Waals surface area contributed by atoms with Gasteiger partial charge in [-0.2, -0.15) is 10.1 Å². The molecule has 2 aliphatic rings. The molecule has 2 fully saturated rings. The Morgan fingerprint density at radius 3 is 2.86 bits per heavy atom. The summed E-state index contributed by atoms with van der Waals surface area (Å²) in [5.41, 5.74) is 8.73. The largest absolute Gasteiger partial charge is 0.388 e. The van der Waals surface area contributed by atoms with E-state index in [9.17, 15) is 4.79 Å². The van der Waals surface area contributed by atoms with Crippen LogP contribution >= 0.6 is 11.8 Å². The van der Waals surface area contributed by atoms with Crippen LogP contribution in [0.4, 0.5) is 0 Å². The summed E-state index contributed by atoms with van der Waals surface area (Å²) in [6.45, 7) is 3.82. The van der Waals surface area contributed by atoms with Crippen LogP contribution in [0.5, 0.6) is 0 Å². The molecule has 2 aliphatic heterocycles. The van der Waals surface area contributed by atoms with Crippen molar-refractivity contribution in [2.24, 2.45) is 0 Å². The number of nitriles is 1. The van der Waals surface area contributed by atoms with Crippen molar-refractivity contribution < 1.29 is 9.58 Å². The maximum absolute atomic E-state index is 11.4. The van der Waals surface area contributed by atoms with Crippen LogP contribution in [-0.2, 0) is 4.79 Å². The van der Waals surface area contributed by atoms with Crippen LogP contribution in [0.25, 0.3) is 5.53 Å². The molecule has 0 aromatic heterocycles. The van der Waals surface area contributed by atoms with Crippen LogP contribution in [0.15, 0.2) is 0 Å². The third-order valence-electron chi connectivity index (χ3n) is 2.52. The molecule has 2 saturated heterocycles. The highest BCUT2D eigenvalue weighted by atomic mass is 32.2. The first kappa shape index (κ1) is 9.25. The topological polar surface area (TPSA) is 80.5 Å². The first-order valence-corrected chi connectivity index (χ1v) is 5.03. The first-order chi connectivity index (χ1) is 6.53. The van der Waals surface area contributed by atoms with Crippen molar-refractivity contribution in [3.05, 3.63) is 5.53 Å². The summed E-state index contributed by atoms with van der Waals surface area (Å²) in [6.07, 6.45) is 0. The number of β-lactam (4-membered cyclic amide) rings is 1. The number of thioether (sulfide) groups is 1. The lowest BCUT2D eigenvalue weighted by atomic mass is 9.99. The van der Waals surface area contributed by atoms with E-state index in [0.29, 0.717) is 0 Å². The molecule has 0 spiro atoms. The first-order valence-electron chi connectivity index (χ1n) is 4.15. The zero-order valence-corrected chi connectivity index (χ0v) is 8.58. The van der Waals surface area contributed by atoms with Crippen molar-refractivity contribution in [3.63, 3.8) is 0 Å². The summed E-state index contributed by atoms with van der Waals surface area (Å²) in [4.78, 5) is 15.8. The molecule has 0 unspecified atom stereocenters. The quantitative estimate of drug-likeness (QED) is 0.325. The number of hydrogen-bond donors (Lipinski definition) is 0. The van der Waals surface area contributed by atoms with E-state index in [1.54, 1.807) is 0 Å². The predicted octanol–water partition coefficient (Wildman–Crippen LogP) is 0.243. The third-order valence-corrected chi connectivity index (χ3v) is 4.03. The molecule has 0 aromatic carbocycles. The van der Waals surface area contributed by atoms with Crippen LogP contribution in [-0.4, -0.2) is 37.5 Å². The van der Waals surface area contributed by atoms with Crippen molar-refractivity contribution in [1.82, 2.24) is 4.90 Å². The van der Waals surface area contributed by atoms with Crippen LogP contribution in [0.1, 0.15) is 13.8 Å². The highest BCUT2D eigenvalue weighted by molar-refractivity contribution is 8.02. The lowest BCUT2D eigenvalue weighted by Gasteiger charge is -2.30. The second-order valence-electron chi connectivity index (χ2n) is 3.80. The van der Waals surface area contributed by atoms with Crippen LogP contribution in [0, 0.1) is 11.3 Å². The summed E-state index contributed by atoms with van der Waals surface area (Å²) in [6, 6.07) is 1.67. The minimum absolute atomic E-state index is 0.154. The Hall–Kier alpha value is -1.31. The van der Waals surface area contributed by atoms with Crippen LogP contribution in [0.2, 0.25) is 0 Å². The van der Waals surface area contributed by atoms with Gasteiger partial charge < -0.3 is 5.53 Å². The molecular weight excluding hydrogens is 200 g/mol. The van der Waals surface area contributed by atoms with E-state index >= 15 is 0 Å². The molecule has 5 nitrogen and oxygen atoms in total. The molecular formula is C8H8N4OS. The average molecular weight is 208 g/mol. The van der Waals surface area contributed by atoms with Crippen molar-refractivity contribution >= 4 is 23.4 Å². The smallest absolute Gasteiger partial charge is 0.361 e. The summed E-state index contributed by atoms with van der Waals surface area (Å²) < 4.78 is -0.304. The van der Waals surface area contributed by atoms with E-state index in [1.165, 1.54) is 16.7 Å². The molecule has 0 N–H and O–H groups in total. The number of carbonyl (C=O) groups excluding carboxylic acids is 1. The maximum atomic E-state index is 11.4. The molecule has 2 atom stereocenters. The molecule has 6 heteroatoms. The minimum atomic E-state index is -0.435. The van der Waals surface area contributed by atoms with Gasteiger partial charge in [0.05, 0.1) is 6.07 Å². The monoisotopic (exact) mass is 208 g/mol. The van der Waals surface area contributed by atoms with E-state index in [4.69, 9.17) is 10.8 Å². The van der Waals surface area contributed by atoms with Crippen LogP contribution in [0.3, 0.4) is 0 Å². The molecule has 2 heterocycles. The van der Waals surface area contributed by atoms with Gasteiger partial charge in [0.15, 0.2) is 5.37 Å². The van der Waals surface area contributed by atoms with E-state index in [1.807, 2.05) is 13.8 Å². The van der Waals surface area contributed by atoms with Gasteiger partial charge >= 0.3 is 11.6 Å². The fourth-order valence-electron chi connectivity index (χ4n) is 1.77. The molecule has 72 valence electrons. The van der Waals surface area contributed by atoms with E-state index in [0.717, 1.165) is 0 Å². The Labute approximate surface area is 85.3 Å². The van der Waals surface area contributed by atoms with Gasteiger partial charge in [-0.05, 0) is 13.8 Å². The SMILES string of the molecule is CC1(C)S[C@@H]2C(=[N+]=[N-])C(=O)N2[C@H]1C#N. The molecule has 0 aliphatic carbocycles. The van der Waals surface area contributed by atoms with Gasteiger partial charge in [-0.1, -0.05) is 0 Å². The zero-order chi connectivity index (χ0) is 10.5. The number of carbonyl (C=O) groups is 1. The van der Waals surface area contributed by atoms with E-state index < -0.39 is 6.04 Å². The zero-order valence-electron chi connectivity index (χ0n) is 7.76. The summed E-state index contributed by atoms with van der Waals surface area (Å²) >= 11 is 1.48. The Balaban J connectivity index is 2.40. The van der Waals surface area contributed by atoms with Gasteiger partial charge in [-0.3, -0.25) is 9.69 Å². The Bertz CT molecular complexity index is 404. The highest BCUT2D eigenvalue weighted by Crippen LogP contribution is 2.48. The molecule has 14 heavy (non-hydrogen) atoms. The number of amides is 1. The normalized spacial score (nSPS) is 33.1. The van der Waals surface area contributed by atoms with Crippen molar-refractivity contribution in [3.8, 4) is 6.07 Å². The van der Waals surface area contributed by atoms with Crippen molar-refractivity contribution in [2.45, 2.75) is 30.0 Å². The van der Waals surface area contributed by atoms with Crippen molar-refractivity contribution in [1.29, 1.82) is 5.26 Å². The standard InChI is InChI=1S/C8H8N4OS/c1-8(2)4(3-9)12-6(13)5(11-10)7(12)14-8/h4,7H,1-2H3/t4-,7+/m0/s1. The van der Waals surface area contributed by atoms with Gasteiger partial charge in [-0.25, -0.2) is 0 Å².